The first kappa shape index (κ1) is 21.6. The van der Waals surface area contributed by atoms with E-state index < -0.39 is 0 Å². The smallest absolute Gasteiger partial charge is 0.230 e. The summed E-state index contributed by atoms with van der Waals surface area (Å²) in [5.41, 5.74) is 7.81. The van der Waals surface area contributed by atoms with Crippen LogP contribution in [-0.2, 0) is 11.2 Å². The number of ether oxygens (including phenoxy) is 1. The minimum absolute atomic E-state index is 0.106. The Labute approximate surface area is 189 Å². The molecule has 5 heteroatoms. The van der Waals surface area contributed by atoms with Crippen molar-refractivity contribution in [3.8, 4) is 17.0 Å². The average molecular weight is 428 g/mol. The first-order chi connectivity index (χ1) is 15.5. The Kier molecular flexibility index (Phi) is 6.26. The number of carbonyl (C=O) groups excluding carboxylic acids is 1. The molecule has 0 aliphatic rings. The lowest BCUT2D eigenvalue weighted by atomic mass is 10.0. The third kappa shape index (κ3) is 4.52. The number of hydrogen-bond donors (Lipinski definition) is 1. The van der Waals surface area contributed by atoms with E-state index in [4.69, 9.17) is 9.72 Å². The summed E-state index contributed by atoms with van der Waals surface area (Å²) in [5.74, 6) is 0.579. The maximum absolute atomic E-state index is 13.1. The van der Waals surface area contributed by atoms with Crippen LogP contribution in [0.1, 0.15) is 35.7 Å². The number of amides is 1. The number of anilines is 1. The quantitative estimate of drug-likeness (QED) is 0.400. The Hall–Kier alpha value is -3.60. The summed E-state index contributed by atoms with van der Waals surface area (Å²) in [6, 6.07) is 17.9. The molecular formula is C27H29N3O2. The summed E-state index contributed by atoms with van der Waals surface area (Å²) >= 11 is 0. The molecule has 164 valence electrons. The molecule has 0 saturated heterocycles. The van der Waals surface area contributed by atoms with E-state index in [1.807, 2.05) is 53.9 Å². The zero-order valence-corrected chi connectivity index (χ0v) is 19.1. The number of rotatable bonds is 7. The van der Waals surface area contributed by atoms with E-state index in [0.717, 1.165) is 34.6 Å². The van der Waals surface area contributed by atoms with Crippen molar-refractivity contribution in [2.45, 2.75) is 40.5 Å². The fourth-order valence-electron chi connectivity index (χ4n) is 3.74. The van der Waals surface area contributed by atoms with Crippen molar-refractivity contribution in [2.24, 2.45) is 0 Å². The van der Waals surface area contributed by atoms with Gasteiger partial charge in [-0.1, -0.05) is 31.2 Å². The standard InChI is InChI=1S/C27H29N3O2/c1-5-14-32-24-9-7-6-8-22(24)28-26(31)17-23-27(21-11-10-19(3)20(4)16-21)29-25-15-18(2)12-13-30(23)25/h6-13,15-16H,5,14,17H2,1-4H3,(H,28,31). The summed E-state index contributed by atoms with van der Waals surface area (Å²) in [6.07, 6.45) is 3.10. The number of benzene rings is 2. The van der Waals surface area contributed by atoms with Crippen molar-refractivity contribution in [3.63, 3.8) is 0 Å². The van der Waals surface area contributed by atoms with Gasteiger partial charge in [0, 0.05) is 11.8 Å². The first-order valence-corrected chi connectivity index (χ1v) is 11.0. The molecule has 0 saturated carbocycles. The van der Waals surface area contributed by atoms with Gasteiger partial charge in [0.05, 0.1) is 30.1 Å². The maximum atomic E-state index is 13.1. The Balaban J connectivity index is 1.69. The summed E-state index contributed by atoms with van der Waals surface area (Å²) in [7, 11) is 0. The molecule has 0 unspecified atom stereocenters. The molecule has 0 spiro atoms. The average Bonchev–Trinajstić information content (AvgIpc) is 3.12. The molecule has 0 aliphatic heterocycles. The Morgan fingerprint density at radius 3 is 2.62 bits per heavy atom. The van der Waals surface area contributed by atoms with E-state index in [1.165, 1.54) is 11.1 Å². The number of hydrogen-bond acceptors (Lipinski definition) is 3. The number of aryl methyl sites for hydroxylation is 3. The second kappa shape index (κ2) is 9.27. The van der Waals surface area contributed by atoms with E-state index >= 15 is 0 Å². The zero-order valence-electron chi connectivity index (χ0n) is 19.1. The predicted octanol–water partition coefficient (Wildman–Crippen LogP) is 5.90. The van der Waals surface area contributed by atoms with Crippen LogP contribution in [0, 0.1) is 20.8 Å². The molecule has 0 radical (unpaired) electrons. The first-order valence-electron chi connectivity index (χ1n) is 11.0. The molecular weight excluding hydrogens is 398 g/mol. The van der Waals surface area contributed by atoms with Crippen LogP contribution in [0.4, 0.5) is 5.69 Å². The van der Waals surface area contributed by atoms with Crippen molar-refractivity contribution in [3.05, 3.63) is 83.2 Å². The van der Waals surface area contributed by atoms with Crippen LogP contribution in [0.5, 0.6) is 5.75 Å². The molecule has 1 amide bonds. The fourth-order valence-corrected chi connectivity index (χ4v) is 3.74. The minimum atomic E-state index is -0.106. The van der Waals surface area contributed by atoms with Crippen molar-refractivity contribution in [1.29, 1.82) is 0 Å². The SMILES string of the molecule is CCCOc1ccccc1NC(=O)Cc1c(-c2ccc(C)c(C)c2)nc2cc(C)ccn12. The van der Waals surface area contributed by atoms with E-state index in [1.54, 1.807) is 0 Å². The van der Waals surface area contributed by atoms with Gasteiger partial charge in [0.2, 0.25) is 5.91 Å². The normalized spacial score (nSPS) is 11.0. The van der Waals surface area contributed by atoms with Crippen molar-refractivity contribution in [1.82, 2.24) is 9.38 Å². The number of para-hydroxylation sites is 2. The topological polar surface area (TPSA) is 55.6 Å². The van der Waals surface area contributed by atoms with Crippen LogP contribution < -0.4 is 10.1 Å². The highest BCUT2D eigenvalue weighted by Gasteiger charge is 2.18. The molecule has 4 aromatic rings. The van der Waals surface area contributed by atoms with Gasteiger partial charge in [-0.2, -0.15) is 0 Å². The predicted molar refractivity (Wildman–Crippen MR) is 129 cm³/mol. The maximum Gasteiger partial charge on any atom is 0.230 e. The number of nitrogens with one attached hydrogen (secondary N) is 1. The van der Waals surface area contributed by atoms with Gasteiger partial charge in [-0.15, -0.1) is 0 Å². The molecule has 0 atom stereocenters. The van der Waals surface area contributed by atoms with Crippen LogP contribution >= 0.6 is 0 Å². The van der Waals surface area contributed by atoms with Crippen molar-refractivity contribution < 1.29 is 9.53 Å². The van der Waals surface area contributed by atoms with Gasteiger partial charge >= 0.3 is 0 Å². The summed E-state index contributed by atoms with van der Waals surface area (Å²) < 4.78 is 7.80. The van der Waals surface area contributed by atoms with Gasteiger partial charge < -0.3 is 14.5 Å². The highest BCUT2D eigenvalue weighted by molar-refractivity contribution is 5.94. The molecule has 2 aromatic heterocycles. The zero-order chi connectivity index (χ0) is 22.7. The third-order valence-corrected chi connectivity index (χ3v) is 5.61. The molecule has 5 nitrogen and oxygen atoms in total. The minimum Gasteiger partial charge on any atom is -0.491 e. The lowest BCUT2D eigenvalue weighted by molar-refractivity contribution is -0.115. The second-order valence-electron chi connectivity index (χ2n) is 8.21. The Morgan fingerprint density at radius 2 is 1.84 bits per heavy atom. The second-order valence-corrected chi connectivity index (χ2v) is 8.21. The van der Waals surface area contributed by atoms with Crippen LogP contribution in [0.15, 0.2) is 60.8 Å². The lowest BCUT2D eigenvalue weighted by Gasteiger charge is -2.12. The fraction of sp³-hybridized carbons (Fsp3) is 0.259. The Morgan fingerprint density at radius 1 is 1.03 bits per heavy atom. The molecule has 0 aliphatic carbocycles. The molecule has 2 heterocycles. The number of imidazole rings is 1. The van der Waals surface area contributed by atoms with Gasteiger partial charge in [0.15, 0.2) is 0 Å². The molecule has 2 aromatic carbocycles. The Bertz CT molecular complexity index is 1270. The van der Waals surface area contributed by atoms with Crippen LogP contribution in [0.2, 0.25) is 0 Å². The largest absolute Gasteiger partial charge is 0.491 e. The monoisotopic (exact) mass is 427 g/mol. The molecule has 0 fully saturated rings. The van der Waals surface area contributed by atoms with Crippen molar-refractivity contribution >= 4 is 17.2 Å². The molecule has 32 heavy (non-hydrogen) atoms. The number of pyridine rings is 1. The van der Waals surface area contributed by atoms with Gasteiger partial charge in [-0.05, 0) is 74.2 Å². The molecule has 0 bridgehead atoms. The van der Waals surface area contributed by atoms with Crippen LogP contribution in [0.25, 0.3) is 16.9 Å². The number of aromatic nitrogens is 2. The third-order valence-electron chi connectivity index (χ3n) is 5.61. The van der Waals surface area contributed by atoms with Gasteiger partial charge in [-0.25, -0.2) is 4.98 Å². The summed E-state index contributed by atoms with van der Waals surface area (Å²) in [6.45, 7) is 8.90. The highest BCUT2D eigenvalue weighted by atomic mass is 16.5. The highest BCUT2D eigenvalue weighted by Crippen LogP contribution is 2.28. The summed E-state index contributed by atoms with van der Waals surface area (Å²) in [4.78, 5) is 18.0. The van der Waals surface area contributed by atoms with Crippen LogP contribution in [0.3, 0.4) is 0 Å². The molecule has 4 rings (SSSR count). The number of nitrogens with zero attached hydrogens (tertiary/aromatic N) is 2. The lowest BCUT2D eigenvalue weighted by Crippen LogP contribution is -2.17. The van der Waals surface area contributed by atoms with E-state index in [0.29, 0.717) is 18.0 Å². The molecule has 1 N–H and O–H groups in total. The van der Waals surface area contributed by atoms with Gasteiger partial charge in [-0.3, -0.25) is 4.79 Å². The van der Waals surface area contributed by atoms with E-state index in [9.17, 15) is 4.79 Å². The van der Waals surface area contributed by atoms with Gasteiger partial charge in [0.25, 0.3) is 0 Å². The van der Waals surface area contributed by atoms with E-state index in [2.05, 4.69) is 44.3 Å². The summed E-state index contributed by atoms with van der Waals surface area (Å²) in [5, 5.41) is 3.03. The van der Waals surface area contributed by atoms with Crippen LogP contribution in [-0.4, -0.2) is 21.9 Å². The van der Waals surface area contributed by atoms with E-state index in [-0.39, 0.29) is 12.3 Å². The van der Waals surface area contributed by atoms with Crippen molar-refractivity contribution in [2.75, 3.05) is 11.9 Å². The number of carbonyl (C=O) groups is 1. The van der Waals surface area contributed by atoms with Gasteiger partial charge in [0.1, 0.15) is 11.4 Å². The number of fused-ring (bicyclic) bond motifs is 1.